The summed E-state index contributed by atoms with van der Waals surface area (Å²) in [6, 6.07) is 14.9. The number of methoxy groups -OCH3 is 1. The van der Waals surface area contributed by atoms with Crippen LogP contribution in [-0.4, -0.2) is 49.5 Å². The molecule has 31 heavy (non-hydrogen) atoms. The highest BCUT2D eigenvalue weighted by Crippen LogP contribution is 2.18. The Hall–Kier alpha value is -3.06. The molecule has 2 N–H and O–H groups in total. The lowest BCUT2D eigenvalue weighted by molar-refractivity contribution is -0.148. The van der Waals surface area contributed by atoms with E-state index in [0.717, 1.165) is 16.9 Å². The molecule has 7 heteroatoms. The van der Waals surface area contributed by atoms with Crippen molar-refractivity contribution in [3.8, 4) is 11.5 Å². The topological polar surface area (TPSA) is 94.1 Å². The number of carboxylic acids is 1. The maximum absolute atomic E-state index is 12.2. The Morgan fingerprint density at radius 1 is 1.10 bits per heavy atom. The van der Waals surface area contributed by atoms with E-state index < -0.39 is 12.1 Å². The summed E-state index contributed by atoms with van der Waals surface area (Å²) in [5.41, 5.74) is 1.90. The third-order valence-electron chi connectivity index (χ3n) is 4.70. The molecule has 2 aromatic carbocycles. The molecule has 0 aliphatic heterocycles. The van der Waals surface area contributed by atoms with Gasteiger partial charge in [-0.25, -0.2) is 4.79 Å². The predicted molar refractivity (Wildman–Crippen MR) is 118 cm³/mol. The summed E-state index contributed by atoms with van der Waals surface area (Å²) in [6.45, 7) is 4.91. The second-order valence-electron chi connectivity index (χ2n) is 7.18. The SMILES string of the molecule is CCOc1ccccc1CCNC(=O)CC(C)Oc1ccc(C[C@H](OC)C(=O)O)cc1. The largest absolute Gasteiger partial charge is 0.494 e. The number of carboxylic acid groups (broad SMARTS) is 1. The van der Waals surface area contributed by atoms with E-state index in [2.05, 4.69) is 5.32 Å². The van der Waals surface area contributed by atoms with Gasteiger partial charge in [-0.2, -0.15) is 0 Å². The Bertz CT molecular complexity index is 836. The van der Waals surface area contributed by atoms with Crippen molar-refractivity contribution < 1.29 is 28.9 Å². The average Bonchev–Trinajstić information content (AvgIpc) is 2.74. The van der Waals surface area contributed by atoms with Gasteiger partial charge in [-0.3, -0.25) is 4.79 Å². The van der Waals surface area contributed by atoms with Gasteiger partial charge in [0, 0.05) is 20.1 Å². The third kappa shape index (κ3) is 8.30. The van der Waals surface area contributed by atoms with Crippen molar-refractivity contribution in [2.75, 3.05) is 20.3 Å². The third-order valence-corrected chi connectivity index (χ3v) is 4.70. The van der Waals surface area contributed by atoms with Crippen molar-refractivity contribution in [1.82, 2.24) is 5.32 Å². The summed E-state index contributed by atoms with van der Waals surface area (Å²) in [5, 5.41) is 12.0. The Balaban J connectivity index is 1.76. The first-order valence-electron chi connectivity index (χ1n) is 10.4. The van der Waals surface area contributed by atoms with Gasteiger partial charge in [0.2, 0.25) is 5.91 Å². The maximum atomic E-state index is 12.2. The molecule has 0 heterocycles. The molecule has 0 aliphatic rings. The van der Waals surface area contributed by atoms with Crippen LogP contribution >= 0.6 is 0 Å². The van der Waals surface area contributed by atoms with Crippen LogP contribution < -0.4 is 14.8 Å². The average molecular weight is 430 g/mol. The van der Waals surface area contributed by atoms with Crippen LogP contribution in [0.3, 0.4) is 0 Å². The highest BCUT2D eigenvalue weighted by Gasteiger charge is 2.17. The minimum absolute atomic E-state index is 0.0811. The summed E-state index contributed by atoms with van der Waals surface area (Å²) in [7, 11) is 1.38. The van der Waals surface area contributed by atoms with Crippen LogP contribution in [0.1, 0.15) is 31.4 Å². The molecule has 168 valence electrons. The van der Waals surface area contributed by atoms with E-state index in [1.54, 1.807) is 24.3 Å². The Morgan fingerprint density at radius 2 is 1.81 bits per heavy atom. The zero-order chi connectivity index (χ0) is 22.6. The Labute approximate surface area is 183 Å². The van der Waals surface area contributed by atoms with Gasteiger partial charge in [0.25, 0.3) is 0 Å². The summed E-state index contributed by atoms with van der Waals surface area (Å²) in [4.78, 5) is 23.3. The number of hydrogen-bond donors (Lipinski definition) is 2. The van der Waals surface area contributed by atoms with Crippen LogP contribution in [0.2, 0.25) is 0 Å². The fourth-order valence-corrected chi connectivity index (χ4v) is 3.14. The summed E-state index contributed by atoms with van der Waals surface area (Å²) < 4.78 is 16.4. The van der Waals surface area contributed by atoms with Gasteiger partial charge in [0.15, 0.2) is 6.10 Å². The smallest absolute Gasteiger partial charge is 0.333 e. The quantitative estimate of drug-likeness (QED) is 0.508. The van der Waals surface area contributed by atoms with E-state index in [9.17, 15) is 9.59 Å². The van der Waals surface area contributed by atoms with Gasteiger partial charge in [-0.1, -0.05) is 30.3 Å². The van der Waals surface area contributed by atoms with E-state index in [1.165, 1.54) is 7.11 Å². The predicted octanol–water partition coefficient (Wildman–Crippen LogP) is 3.24. The summed E-state index contributed by atoms with van der Waals surface area (Å²) in [6.07, 6.45) is 0.0234. The first-order valence-corrected chi connectivity index (χ1v) is 10.4. The molecule has 1 amide bonds. The molecule has 2 rings (SSSR count). The first-order chi connectivity index (χ1) is 14.9. The van der Waals surface area contributed by atoms with Crippen LogP contribution in [0.4, 0.5) is 0 Å². The lowest BCUT2D eigenvalue weighted by Gasteiger charge is -2.16. The zero-order valence-electron chi connectivity index (χ0n) is 18.3. The lowest BCUT2D eigenvalue weighted by atomic mass is 10.1. The van der Waals surface area contributed by atoms with Gasteiger partial charge in [-0.15, -0.1) is 0 Å². The minimum atomic E-state index is -0.996. The van der Waals surface area contributed by atoms with Crippen LogP contribution in [0.5, 0.6) is 11.5 Å². The molecule has 0 fully saturated rings. The van der Waals surface area contributed by atoms with E-state index in [0.29, 0.717) is 25.3 Å². The van der Waals surface area contributed by atoms with Gasteiger partial charge in [0.1, 0.15) is 17.6 Å². The maximum Gasteiger partial charge on any atom is 0.333 e. The van der Waals surface area contributed by atoms with Crippen LogP contribution in [0.15, 0.2) is 48.5 Å². The van der Waals surface area contributed by atoms with Crippen molar-refractivity contribution >= 4 is 11.9 Å². The standard InChI is InChI=1S/C24H31NO6/c1-4-30-21-8-6-5-7-19(21)13-14-25-23(26)15-17(2)31-20-11-9-18(10-12-20)16-22(29-3)24(27)28/h5-12,17,22H,4,13-16H2,1-3H3,(H,25,26)(H,27,28)/t17?,22-/m0/s1. The zero-order valence-corrected chi connectivity index (χ0v) is 18.3. The number of rotatable bonds is 13. The van der Waals surface area contributed by atoms with Gasteiger partial charge in [0.05, 0.1) is 13.0 Å². The molecule has 0 radical (unpaired) electrons. The van der Waals surface area contributed by atoms with Crippen molar-refractivity contribution in [2.24, 2.45) is 0 Å². The van der Waals surface area contributed by atoms with Crippen LogP contribution in [0, 0.1) is 0 Å². The van der Waals surface area contributed by atoms with Gasteiger partial charge >= 0.3 is 5.97 Å². The highest BCUT2D eigenvalue weighted by molar-refractivity contribution is 5.76. The number of ether oxygens (including phenoxy) is 3. The fraction of sp³-hybridized carbons (Fsp3) is 0.417. The number of benzene rings is 2. The Morgan fingerprint density at radius 3 is 2.45 bits per heavy atom. The number of hydrogen-bond acceptors (Lipinski definition) is 5. The molecule has 7 nitrogen and oxygen atoms in total. The fourth-order valence-electron chi connectivity index (χ4n) is 3.14. The normalized spacial score (nSPS) is 12.6. The molecule has 0 aromatic heterocycles. The molecule has 0 spiro atoms. The number of carbonyl (C=O) groups is 2. The van der Waals surface area contributed by atoms with Gasteiger partial charge in [-0.05, 0) is 49.6 Å². The minimum Gasteiger partial charge on any atom is -0.494 e. The molecule has 0 bridgehead atoms. The molecule has 2 atom stereocenters. The molecular formula is C24H31NO6. The molecular weight excluding hydrogens is 398 g/mol. The second-order valence-corrected chi connectivity index (χ2v) is 7.18. The van der Waals surface area contributed by atoms with E-state index >= 15 is 0 Å². The number of aliphatic carboxylic acids is 1. The number of para-hydroxylation sites is 1. The summed E-state index contributed by atoms with van der Waals surface area (Å²) >= 11 is 0. The van der Waals surface area contributed by atoms with Crippen molar-refractivity contribution in [1.29, 1.82) is 0 Å². The molecule has 0 saturated carbocycles. The number of amides is 1. The molecule has 0 aliphatic carbocycles. The molecule has 2 aromatic rings. The first kappa shape index (κ1) is 24.2. The van der Waals surface area contributed by atoms with E-state index in [-0.39, 0.29) is 24.9 Å². The number of carbonyl (C=O) groups excluding carboxylic acids is 1. The van der Waals surface area contributed by atoms with Gasteiger partial charge < -0.3 is 24.6 Å². The monoisotopic (exact) mass is 429 g/mol. The highest BCUT2D eigenvalue weighted by atomic mass is 16.5. The lowest BCUT2D eigenvalue weighted by Crippen LogP contribution is -2.30. The van der Waals surface area contributed by atoms with Crippen molar-refractivity contribution in [2.45, 2.75) is 45.3 Å². The second kappa shape index (κ2) is 12.6. The van der Waals surface area contributed by atoms with E-state index in [4.69, 9.17) is 19.3 Å². The van der Waals surface area contributed by atoms with Crippen LogP contribution in [-0.2, 0) is 27.2 Å². The van der Waals surface area contributed by atoms with E-state index in [1.807, 2.05) is 38.1 Å². The van der Waals surface area contributed by atoms with Crippen molar-refractivity contribution in [3.05, 3.63) is 59.7 Å². The molecule has 0 saturated heterocycles. The Kier molecular flexibility index (Phi) is 9.84. The number of nitrogens with one attached hydrogen (secondary N) is 1. The molecule has 1 unspecified atom stereocenters. The van der Waals surface area contributed by atoms with Crippen molar-refractivity contribution in [3.63, 3.8) is 0 Å². The van der Waals surface area contributed by atoms with Crippen LogP contribution in [0.25, 0.3) is 0 Å². The summed E-state index contributed by atoms with van der Waals surface area (Å²) in [5.74, 6) is 0.393.